The fraction of sp³-hybridized carbons (Fsp3) is 0.125. The Morgan fingerprint density at radius 3 is 2.62 bits per heavy atom. The lowest BCUT2D eigenvalue weighted by Crippen LogP contribution is -2.22. The minimum atomic E-state index is -0.593. The number of carbonyl (C=O) groups excluding carboxylic acids is 2. The fourth-order valence-corrected chi connectivity index (χ4v) is 2.84. The van der Waals surface area contributed by atoms with Gasteiger partial charge in [0.15, 0.2) is 0 Å². The normalized spacial score (nSPS) is 10.2. The minimum absolute atomic E-state index is 0.0780. The molecule has 0 fully saturated rings. The third kappa shape index (κ3) is 5.91. The summed E-state index contributed by atoms with van der Waals surface area (Å²) < 4.78 is 0. The van der Waals surface area contributed by atoms with Gasteiger partial charge >= 0.3 is 0 Å². The van der Waals surface area contributed by atoms with E-state index in [2.05, 4.69) is 10.6 Å². The average molecular weight is 414 g/mol. The summed E-state index contributed by atoms with van der Waals surface area (Å²) in [5.41, 5.74) is 0.512. The molecule has 0 spiro atoms. The number of amides is 2. The number of anilines is 1. The number of para-hydroxylation sites is 2. The van der Waals surface area contributed by atoms with E-state index in [1.165, 1.54) is 18.2 Å². The Morgan fingerprint density at radius 2 is 1.88 bits per heavy atom. The van der Waals surface area contributed by atoms with Crippen LogP contribution in [-0.4, -0.2) is 21.8 Å². The molecule has 0 bridgehead atoms. The summed E-state index contributed by atoms with van der Waals surface area (Å²) in [5.74, 6) is -0.721. The summed E-state index contributed by atoms with van der Waals surface area (Å²) in [7, 11) is 0. The molecule has 2 N–H and O–H groups in total. The number of nitro groups is 1. The third-order valence-electron chi connectivity index (χ3n) is 3.14. The van der Waals surface area contributed by atoms with Crippen LogP contribution < -0.4 is 10.6 Å². The van der Waals surface area contributed by atoms with Gasteiger partial charge in [-0.15, -0.1) is 0 Å². The van der Waals surface area contributed by atoms with Gasteiger partial charge < -0.3 is 10.6 Å². The Bertz CT molecular complexity index is 848. The average Bonchev–Trinajstić information content (AvgIpc) is 2.61. The van der Waals surface area contributed by atoms with Crippen molar-refractivity contribution < 1.29 is 14.5 Å². The highest BCUT2D eigenvalue weighted by molar-refractivity contribution is 8.14. The second-order valence-corrected chi connectivity index (χ2v) is 6.78. The van der Waals surface area contributed by atoms with Crippen LogP contribution in [0.1, 0.15) is 5.56 Å². The smallest absolute Gasteiger partial charge is 0.292 e. The van der Waals surface area contributed by atoms with E-state index in [4.69, 9.17) is 23.2 Å². The molecule has 7 nitrogen and oxygen atoms in total. The van der Waals surface area contributed by atoms with E-state index in [-0.39, 0.29) is 23.7 Å². The number of halogens is 2. The van der Waals surface area contributed by atoms with Gasteiger partial charge in [0.1, 0.15) is 5.69 Å². The second kappa shape index (κ2) is 9.42. The molecule has 0 atom stereocenters. The monoisotopic (exact) mass is 413 g/mol. The fourth-order valence-electron chi connectivity index (χ4n) is 1.95. The molecule has 136 valence electrons. The molecule has 26 heavy (non-hydrogen) atoms. The highest BCUT2D eigenvalue weighted by Gasteiger charge is 2.15. The van der Waals surface area contributed by atoms with Crippen molar-refractivity contribution in [1.82, 2.24) is 5.32 Å². The molecule has 0 aliphatic carbocycles. The molecule has 0 aliphatic heterocycles. The molecule has 0 saturated heterocycles. The first-order valence-electron chi connectivity index (χ1n) is 7.24. The number of nitrogens with one attached hydrogen (secondary N) is 2. The SMILES string of the molecule is O=C(CSC(=O)NCc1cc(Cl)ccc1Cl)Nc1ccccc1[N+](=O)[O-]. The minimum Gasteiger partial charge on any atom is -0.343 e. The van der Waals surface area contributed by atoms with Crippen LogP contribution in [0.15, 0.2) is 42.5 Å². The molecule has 2 aromatic rings. The maximum absolute atomic E-state index is 11.9. The van der Waals surface area contributed by atoms with E-state index in [1.807, 2.05) is 0 Å². The lowest BCUT2D eigenvalue weighted by molar-refractivity contribution is -0.383. The zero-order valence-electron chi connectivity index (χ0n) is 13.2. The van der Waals surface area contributed by atoms with Crippen LogP contribution in [-0.2, 0) is 11.3 Å². The van der Waals surface area contributed by atoms with E-state index in [1.54, 1.807) is 24.3 Å². The zero-order valence-corrected chi connectivity index (χ0v) is 15.5. The number of hydrogen-bond donors (Lipinski definition) is 2. The van der Waals surface area contributed by atoms with Gasteiger partial charge in [0, 0.05) is 22.7 Å². The number of carbonyl (C=O) groups is 2. The standard InChI is InChI=1S/C16H13Cl2N3O4S/c17-11-5-6-12(18)10(7-11)8-19-16(23)26-9-15(22)20-13-3-1-2-4-14(13)21(24)25/h1-7H,8-9H2,(H,19,23)(H,20,22). The highest BCUT2D eigenvalue weighted by Crippen LogP contribution is 2.23. The first-order valence-corrected chi connectivity index (χ1v) is 8.99. The van der Waals surface area contributed by atoms with Crippen LogP contribution in [0.2, 0.25) is 10.0 Å². The van der Waals surface area contributed by atoms with Crippen LogP contribution in [0.4, 0.5) is 16.2 Å². The Kier molecular flexibility index (Phi) is 7.26. The number of benzene rings is 2. The van der Waals surface area contributed by atoms with E-state index in [0.29, 0.717) is 15.6 Å². The predicted octanol–water partition coefficient (Wildman–Crippen LogP) is 4.48. The van der Waals surface area contributed by atoms with Gasteiger partial charge in [-0.1, -0.05) is 47.1 Å². The predicted molar refractivity (Wildman–Crippen MR) is 103 cm³/mol. The van der Waals surface area contributed by atoms with Gasteiger partial charge in [0.05, 0.1) is 10.7 Å². The molecule has 0 saturated carbocycles. The summed E-state index contributed by atoms with van der Waals surface area (Å²) in [6.07, 6.45) is 0. The second-order valence-electron chi connectivity index (χ2n) is 4.99. The highest BCUT2D eigenvalue weighted by atomic mass is 35.5. The quantitative estimate of drug-likeness (QED) is 0.536. The van der Waals surface area contributed by atoms with Crippen molar-refractivity contribution >= 4 is 57.5 Å². The van der Waals surface area contributed by atoms with Crippen LogP contribution in [0.3, 0.4) is 0 Å². The van der Waals surface area contributed by atoms with Crippen molar-refractivity contribution in [2.24, 2.45) is 0 Å². The van der Waals surface area contributed by atoms with Crippen LogP contribution in [0.25, 0.3) is 0 Å². The molecule has 0 radical (unpaired) electrons. The summed E-state index contributed by atoms with van der Waals surface area (Å²) in [6.45, 7) is 0.164. The molecule has 2 amide bonds. The summed E-state index contributed by atoms with van der Waals surface area (Å²) in [4.78, 5) is 34.0. The lowest BCUT2D eigenvalue weighted by Gasteiger charge is -2.08. The van der Waals surface area contributed by atoms with Gasteiger partial charge in [0.25, 0.3) is 10.9 Å². The van der Waals surface area contributed by atoms with Crippen molar-refractivity contribution in [3.63, 3.8) is 0 Å². The first-order chi connectivity index (χ1) is 12.4. The van der Waals surface area contributed by atoms with Gasteiger partial charge in [-0.05, 0) is 29.8 Å². The zero-order chi connectivity index (χ0) is 19.1. The molecule has 0 aliphatic rings. The Labute approximate surface area is 163 Å². The molecule has 10 heteroatoms. The van der Waals surface area contributed by atoms with Crippen molar-refractivity contribution in [2.45, 2.75) is 6.54 Å². The maximum Gasteiger partial charge on any atom is 0.292 e. The largest absolute Gasteiger partial charge is 0.343 e. The van der Waals surface area contributed by atoms with Gasteiger partial charge in [0.2, 0.25) is 5.91 Å². The van der Waals surface area contributed by atoms with Crippen molar-refractivity contribution in [3.05, 3.63) is 68.2 Å². The van der Waals surface area contributed by atoms with Crippen LogP contribution >= 0.6 is 35.0 Å². The van der Waals surface area contributed by atoms with Crippen molar-refractivity contribution in [2.75, 3.05) is 11.1 Å². The molecule has 0 aromatic heterocycles. The van der Waals surface area contributed by atoms with Crippen LogP contribution in [0.5, 0.6) is 0 Å². The first kappa shape index (κ1) is 20.0. The van der Waals surface area contributed by atoms with E-state index in [0.717, 1.165) is 11.8 Å². The van der Waals surface area contributed by atoms with Crippen molar-refractivity contribution in [1.29, 1.82) is 0 Å². The topological polar surface area (TPSA) is 101 Å². The number of nitro benzene ring substituents is 1. The number of hydrogen-bond acceptors (Lipinski definition) is 5. The number of rotatable bonds is 6. The summed E-state index contributed by atoms with van der Waals surface area (Å²) in [6, 6.07) is 10.7. The summed E-state index contributed by atoms with van der Waals surface area (Å²) >= 11 is 12.6. The lowest BCUT2D eigenvalue weighted by atomic mass is 10.2. The Balaban J connectivity index is 1.83. The maximum atomic E-state index is 11.9. The number of nitrogens with zero attached hydrogens (tertiary/aromatic N) is 1. The van der Waals surface area contributed by atoms with Gasteiger partial charge in [-0.25, -0.2) is 0 Å². The molecular weight excluding hydrogens is 401 g/mol. The molecule has 2 aromatic carbocycles. The van der Waals surface area contributed by atoms with Gasteiger partial charge in [-0.3, -0.25) is 19.7 Å². The van der Waals surface area contributed by atoms with Crippen LogP contribution in [0, 0.1) is 10.1 Å². The van der Waals surface area contributed by atoms with E-state index in [9.17, 15) is 19.7 Å². The molecule has 0 unspecified atom stereocenters. The third-order valence-corrected chi connectivity index (χ3v) is 4.56. The Hall–Kier alpha value is -2.29. The summed E-state index contributed by atoms with van der Waals surface area (Å²) in [5, 5.41) is 16.5. The van der Waals surface area contributed by atoms with E-state index >= 15 is 0 Å². The molecule has 2 rings (SSSR count). The Morgan fingerprint density at radius 1 is 1.15 bits per heavy atom. The molecule has 0 heterocycles. The van der Waals surface area contributed by atoms with E-state index < -0.39 is 16.1 Å². The number of thioether (sulfide) groups is 1. The molecular formula is C16H13Cl2N3O4S. The van der Waals surface area contributed by atoms with Gasteiger partial charge in [-0.2, -0.15) is 0 Å². The van der Waals surface area contributed by atoms with Crippen molar-refractivity contribution in [3.8, 4) is 0 Å².